The fraction of sp³-hybridized carbons (Fsp3) is 1.00. The molecule has 0 fully saturated rings. The van der Waals surface area contributed by atoms with E-state index < -0.39 is 13.0 Å². The normalized spacial score (nSPS) is 11.0. The SMILES string of the molecule is CSCCNCCOCC(F)F. The van der Waals surface area contributed by atoms with Gasteiger partial charge in [0.15, 0.2) is 0 Å². The van der Waals surface area contributed by atoms with Gasteiger partial charge in [-0.15, -0.1) is 0 Å². The summed E-state index contributed by atoms with van der Waals surface area (Å²) < 4.78 is 27.7. The van der Waals surface area contributed by atoms with Crippen molar-refractivity contribution in [3.63, 3.8) is 0 Å². The van der Waals surface area contributed by atoms with Gasteiger partial charge in [0.25, 0.3) is 6.43 Å². The molecule has 0 bridgehead atoms. The smallest absolute Gasteiger partial charge is 0.261 e. The fourth-order valence-electron chi connectivity index (χ4n) is 0.616. The van der Waals surface area contributed by atoms with Crippen LogP contribution in [0.2, 0.25) is 0 Å². The second-order valence-electron chi connectivity index (χ2n) is 2.21. The van der Waals surface area contributed by atoms with Crippen LogP contribution in [0.5, 0.6) is 0 Å². The molecule has 0 aliphatic heterocycles. The van der Waals surface area contributed by atoms with Gasteiger partial charge in [0.05, 0.1) is 6.61 Å². The van der Waals surface area contributed by atoms with Crippen LogP contribution in [0.3, 0.4) is 0 Å². The van der Waals surface area contributed by atoms with E-state index in [9.17, 15) is 8.78 Å². The van der Waals surface area contributed by atoms with Gasteiger partial charge in [-0.05, 0) is 6.26 Å². The molecule has 0 saturated heterocycles. The van der Waals surface area contributed by atoms with Crippen LogP contribution >= 0.6 is 11.8 Å². The first-order chi connectivity index (χ1) is 5.77. The Labute approximate surface area is 76.0 Å². The third kappa shape index (κ3) is 10.1. The molecular weight excluding hydrogens is 184 g/mol. The molecular formula is C7H15F2NOS. The molecule has 2 nitrogen and oxygen atoms in total. The largest absolute Gasteiger partial charge is 0.374 e. The average molecular weight is 199 g/mol. The van der Waals surface area contributed by atoms with Crippen LogP contribution in [0.4, 0.5) is 8.78 Å². The summed E-state index contributed by atoms with van der Waals surface area (Å²) in [5, 5.41) is 3.07. The van der Waals surface area contributed by atoms with E-state index in [1.165, 1.54) is 0 Å². The van der Waals surface area contributed by atoms with Crippen LogP contribution in [0.1, 0.15) is 0 Å². The highest BCUT2D eigenvalue weighted by Gasteiger charge is 2.00. The lowest BCUT2D eigenvalue weighted by molar-refractivity contribution is 0.0189. The molecule has 0 unspecified atom stereocenters. The predicted octanol–water partition coefficient (Wildman–Crippen LogP) is 1.22. The summed E-state index contributed by atoms with van der Waals surface area (Å²) in [6.45, 7) is 1.45. The van der Waals surface area contributed by atoms with Gasteiger partial charge in [0, 0.05) is 18.8 Å². The maximum Gasteiger partial charge on any atom is 0.261 e. The topological polar surface area (TPSA) is 21.3 Å². The maximum atomic E-state index is 11.5. The molecule has 0 spiro atoms. The highest BCUT2D eigenvalue weighted by Crippen LogP contribution is 1.91. The van der Waals surface area contributed by atoms with Crippen molar-refractivity contribution in [2.75, 3.05) is 38.3 Å². The van der Waals surface area contributed by atoms with Crippen LogP contribution in [0.15, 0.2) is 0 Å². The Hall–Kier alpha value is 0.130. The maximum absolute atomic E-state index is 11.5. The molecule has 0 heterocycles. The molecule has 74 valence electrons. The third-order valence-corrected chi connectivity index (χ3v) is 1.76. The lowest BCUT2D eigenvalue weighted by Gasteiger charge is -2.04. The summed E-state index contributed by atoms with van der Waals surface area (Å²) in [4.78, 5) is 0. The van der Waals surface area contributed by atoms with Crippen molar-refractivity contribution in [3.05, 3.63) is 0 Å². The number of hydrogen-bond donors (Lipinski definition) is 1. The Morgan fingerprint density at radius 2 is 2.17 bits per heavy atom. The molecule has 0 aliphatic rings. The summed E-state index contributed by atoms with van der Waals surface area (Å²) >= 11 is 1.75. The molecule has 0 amide bonds. The standard InChI is InChI=1S/C7H15F2NOS/c1-12-5-3-10-2-4-11-6-7(8)9/h7,10H,2-6H2,1H3. The Kier molecular flexibility index (Phi) is 9.32. The molecule has 0 saturated carbocycles. The summed E-state index contributed by atoms with van der Waals surface area (Å²) in [7, 11) is 0. The van der Waals surface area contributed by atoms with Gasteiger partial charge in [-0.2, -0.15) is 11.8 Å². The minimum atomic E-state index is -2.35. The summed E-state index contributed by atoms with van der Waals surface area (Å²) in [6.07, 6.45) is -0.328. The quantitative estimate of drug-likeness (QED) is 0.594. The van der Waals surface area contributed by atoms with Gasteiger partial charge in [-0.3, -0.25) is 0 Å². The monoisotopic (exact) mass is 199 g/mol. The van der Waals surface area contributed by atoms with E-state index >= 15 is 0 Å². The van der Waals surface area contributed by atoms with Gasteiger partial charge in [0.1, 0.15) is 6.61 Å². The summed E-state index contributed by atoms with van der Waals surface area (Å²) in [5.74, 6) is 1.04. The third-order valence-electron chi connectivity index (χ3n) is 1.15. The Balaban J connectivity index is 2.82. The molecule has 0 aromatic rings. The van der Waals surface area contributed by atoms with E-state index in [4.69, 9.17) is 0 Å². The first kappa shape index (κ1) is 12.1. The van der Waals surface area contributed by atoms with Gasteiger partial charge in [0.2, 0.25) is 0 Å². The molecule has 0 aliphatic carbocycles. The van der Waals surface area contributed by atoms with E-state index in [2.05, 4.69) is 10.1 Å². The van der Waals surface area contributed by atoms with Crippen LogP contribution in [0.25, 0.3) is 0 Å². The van der Waals surface area contributed by atoms with Crippen molar-refractivity contribution in [1.82, 2.24) is 5.32 Å². The fourth-order valence-corrected chi connectivity index (χ4v) is 0.964. The minimum Gasteiger partial charge on any atom is -0.374 e. The molecule has 0 atom stereocenters. The molecule has 0 rings (SSSR count). The first-order valence-electron chi connectivity index (χ1n) is 3.83. The van der Waals surface area contributed by atoms with Crippen molar-refractivity contribution in [2.45, 2.75) is 6.43 Å². The van der Waals surface area contributed by atoms with E-state index in [1.54, 1.807) is 11.8 Å². The second-order valence-corrected chi connectivity index (χ2v) is 3.19. The van der Waals surface area contributed by atoms with Crippen molar-refractivity contribution >= 4 is 11.8 Å². The molecule has 0 aromatic carbocycles. The second kappa shape index (κ2) is 9.22. The van der Waals surface area contributed by atoms with Crippen LogP contribution in [-0.2, 0) is 4.74 Å². The van der Waals surface area contributed by atoms with Crippen LogP contribution in [0, 0.1) is 0 Å². The molecule has 0 aromatic heterocycles. The Morgan fingerprint density at radius 1 is 1.42 bits per heavy atom. The number of alkyl halides is 2. The van der Waals surface area contributed by atoms with Crippen molar-refractivity contribution in [3.8, 4) is 0 Å². The summed E-state index contributed by atoms with van der Waals surface area (Å²) in [5.41, 5.74) is 0. The zero-order valence-electron chi connectivity index (χ0n) is 7.19. The highest BCUT2D eigenvalue weighted by molar-refractivity contribution is 7.98. The number of rotatable bonds is 8. The van der Waals surface area contributed by atoms with Crippen LogP contribution in [-0.4, -0.2) is 44.7 Å². The van der Waals surface area contributed by atoms with Crippen LogP contribution < -0.4 is 5.32 Å². The molecule has 0 radical (unpaired) electrons. The van der Waals surface area contributed by atoms with Crippen molar-refractivity contribution in [1.29, 1.82) is 0 Å². The lowest BCUT2D eigenvalue weighted by atomic mass is 10.6. The van der Waals surface area contributed by atoms with Crippen molar-refractivity contribution < 1.29 is 13.5 Å². The van der Waals surface area contributed by atoms with Gasteiger partial charge in [-0.25, -0.2) is 8.78 Å². The zero-order chi connectivity index (χ0) is 9.23. The first-order valence-corrected chi connectivity index (χ1v) is 5.22. The zero-order valence-corrected chi connectivity index (χ0v) is 8.00. The molecule has 1 N–H and O–H groups in total. The lowest BCUT2D eigenvalue weighted by Crippen LogP contribution is -2.23. The van der Waals surface area contributed by atoms with E-state index in [1.807, 2.05) is 6.26 Å². The molecule has 12 heavy (non-hydrogen) atoms. The molecule has 5 heteroatoms. The van der Waals surface area contributed by atoms with Gasteiger partial charge < -0.3 is 10.1 Å². The minimum absolute atomic E-state index is 0.360. The number of halogens is 2. The summed E-state index contributed by atoms with van der Waals surface area (Å²) in [6, 6.07) is 0. The number of hydrogen-bond acceptors (Lipinski definition) is 3. The predicted molar refractivity (Wildman–Crippen MR) is 48.1 cm³/mol. The van der Waals surface area contributed by atoms with E-state index in [-0.39, 0.29) is 0 Å². The van der Waals surface area contributed by atoms with Crippen molar-refractivity contribution in [2.24, 2.45) is 0 Å². The van der Waals surface area contributed by atoms with Gasteiger partial charge in [-0.1, -0.05) is 0 Å². The number of nitrogens with one attached hydrogen (secondary N) is 1. The van der Waals surface area contributed by atoms with Gasteiger partial charge >= 0.3 is 0 Å². The Bertz CT molecular complexity index is 95.5. The Morgan fingerprint density at radius 3 is 2.75 bits per heavy atom. The van der Waals surface area contributed by atoms with E-state index in [0.717, 1.165) is 12.3 Å². The van der Waals surface area contributed by atoms with E-state index in [0.29, 0.717) is 13.2 Å². The average Bonchev–Trinajstić information content (AvgIpc) is 2.02. The highest BCUT2D eigenvalue weighted by atomic mass is 32.2. The number of thioether (sulfide) groups is 1. The number of ether oxygens (including phenoxy) is 1.